The van der Waals surface area contributed by atoms with Crippen LogP contribution in [0.3, 0.4) is 0 Å². The smallest absolute Gasteiger partial charge is 0.424 e. The van der Waals surface area contributed by atoms with E-state index in [1.807, 2.05) is 24.5 Å². The van der Waals surface area contributed by atoms with Gasteiger partial charge in [0.15, 0.2) is 6.29 Å². The van der Waals surface area contributed by atoms with Crippen LogP contribution < -0.4 is 5.84 Å². The number of carbonyl (C=O) groups excluding carboxylic acids is 2. The average Bonchev–Trinajstić information content (AvgIpc) is 2.59. The molecule has 0 saturated carbocycles. The number of unbranched alkanes of at least 4 members (excludes halogenated alkanes) is 2. The molecular weight excluding hydrogens is 294 g/mol. The molecule has 0 aliphatic carbocycles. The summed E-state index contributed by atoms with van der Waals surface area (Å²) in [6, 6.07) is 8.20. The number of hydrazine groups is 1. The van der Waals surface area contributed by atoms with E-state index in [2.05, 4.69) is 21.9 Å². The Bertz CT molecular complexity index is 655. The first-order chi connectivity index (χ1) is 11.2. The van der Waals surface area contributed by atoms with Crippen LogP contribution in [-0.2, 0) is 16.0 Å². The third-order valence-electron chi connectivity index (χ3n) is 3.61. The van der Waals surface area contributed by atoms with E-state index < -0.39 is 6.09 Å². The molecule has 0 saturated heterocycles. The number of ether oxygens (including phenoxy) is 1. The molecule has 0 atom stereocenters. The molecular formula is C17H21N3O3. The first-order valence-corrected chi connectivity index (χ1v) is 7.66. The normalized spacial score (nSPS) is 10.5. The first kappa shape index (κ1) is 16.9. The fraction of sp³-hybridized carbons (Fsp3) is 0.353. The lowest BCUT2D eigenvalue weighted by atomic mass is 10.0. The van der Waals surface area contributed by atoms with E-state index in [1.165, 1.54) is 10.9 Å². The van der Waals surface area contributed by atoms with Gasteiger partial charge in [-0.25, -0.2) is 15.6 Å². The van der Waals surface area contributed by atoms with Crippen LogP contribution in [0, 0.1) is 0 Å². The van der Waals surface area contributed by atoms with Gasteiger partial charge in [0.05, 0.1) is 0 Å². The van der Waals surface area contributed by atoms with Gasteiger partial charge in [-0.15, -0.1) is 0 Å². The van der Waals surface area contributed by atoms with E-state index in [1.54, 1.807) is 0 Å². The third-order valence-corrected chi connectivity index (χ3v) is 3.61. The molecule has 23 heavy (non-hydrogen) atoms. The number of aryl methyl sites for hydroxylation is 1. The third kappa shape index (κ3) is 5.03. The van der Waals surface area contributed by atoms with Gasteiger partial charge in [-0.2, -0.15) is 0 Å². The van der Waals surface area contributed by atoms with E-state index in [0.717, 1.165) is 36.1 Å². The highest BCUT2D eigenvalue weighted by molar-refractivity contribution is 5.84. The molecule has 6 nitrogen and oxygen atoms in total. The number of fused-ring (bicyclic) bond motifs is 1. The van der Waals surface area contributed by atoms with Crippen LogP contribution in [0.1, 0.15) is 24.8 Å². The van der Waals surface area contributed by atoms with Crippen molar-refractivity contribution in [1.82, 2.24) is 9.99 Å². The van der Waals surface area contributed by atoms with Gasteiger partial charge in [0.25, 0.3) is 0 Å². The maximum Gasteiger partial charge on any atom is 0.424 e. The molecule has 2 rings (SSSR count). The van der Waals surface area contributed by atoms with E-state index in [4.69, 9.17) is 5.84 Å². The summed E-state index contributed by atoms with van der Waals surface area (Å²) in [7, 11) is 0. The Balaban J connectivity index is 1.73. The lowest BCUT2D eigenvalue weighted by Crippen LogP contribution is -2.38. The van der Waals surface area contributed by atoms with Gasteiger partial charge < -0.3 is 4.74 Å². The number of nitrogens with zero attached hydrogens (tertiary/aromatic N) is 2. The molecule has 0 radical (unpaired) electrons. The highest BCUT2D eigenvalue weighted by Crippen LogP contribution is 2.19. The second kappa shape index (κ2) is 8.85. The van der Waals surface area contributed by atoms with E-state index >= 15 is 0 Å². The lowest BCUT2D eigenvalue weighted by Gasteiger charge is -2.15. The van der Waals surface area contributed by atoms with Crippen LogP contribution >= 0.6 is 0 Å². The summed E-state index contributed by atoms with van der Waals surface area (Å²) in [5, 5.41) is 3.39. The van der Waals surface area contributed by atoms with Gasteiger partial charge >= 0.3 is 6.09 Å². The predicted molar refractivity (Wildman–Crippen MR) is 87.6 cm³/mol. The minimum absolute atomic E-state index is 0.263. The summed E-state index contributed by atoms with van der Waals surface area (Å²) >= 11 is 0. The number of hydrogen-bond donors (Lipinski definition) is 1. The fourth-order valence-electron chi connectivity index (χ4n) is 2.43. The van der Waals surface area contributed by atoms with Crippen LogP contribution in [0.5, 0.6) is 0 Å². The maximum absolute atomic E-state index is 11.3. The summed E-state index contributed by atoms with van der Waals surface area (Å²) in [5.74, 6) is 5.56. The highest BCUT2D eigenvalue weighted by Gasteiger charge is 2.09. The molecule has 0 spiro atoms. The summed E-state index contributed by atoms with van der Waals surface area (Å²) in [6.45, 7) is 0.145. The molecule has 6 heteroatoms. The Labute approximate surface area is 135 Å². The average molecular weight is 315 g/mol. The number of amides is 1. The van der Waals surface area contributed by atoms with Crippen LogP contribution in [0.4, 0.5) is 4.79 Å². The number of hydrogen-bond acceptors (Lipinski definition) is 5. The van der Waals surface area contributed by atoms with Crippen molar-refractivity contribution in [2.24, 2.45) is 5.84 Å². The molecule has 1 aromatic heterocycles. The number of pyridine rings is 1. The molecule has 1 heterocycles. The monoisotopic (exact) mass is 315 g/mol. The SMILES string of the molecule is NN(CCCCCc1cncc2ccccc12)C(=O)OCC=O. The number of aromatic nitrogens is 1. The van der Waals surface area contributed by atoms with Crippen LogP contribution in [-0.4, -0.2) is 35.5 Å². The largest absolute Gasteiger partial charge is 0.441 e. The Morgan fingerprint density at radius 2 is 2.04 bits per heavy atom. The van der Waals surface area contributed by atoms with Gasteiger partial charge in [0, 0.05) is 24.3 Å². The maximum atomic E-state index is 11.3. The molecule has 0 bridgehead atoms. The zero-order valence-corrected chi connectivity index (χ0v) is 13.0. The van der Waals surface area contributed by atoms with Crippen molar-refractivity contribution in [3.63, 3.8) is 0 Å². The summed E-state index contributed by atoms with van der Waals surface area (Å²) in [5.41, 5.74) is 1.23. The summed E-state index contributed by atoms with van der Waals surface area (Å²) in [6.07, 6.45) is 7.29. The van der Waals surface area contributed by atoms with Crippen LogP contribution in [0.25, 0.3) is 10.8 Å². The molecule has 2 aromatic rings. The van der Waals surface area contributed by atoms with Crippen molar-refractivity contribution in [1.29, 1.82) is 0 Å². The van der Waals surface area contributed by atoms with Crippen molar-refractivity contribution in [2.45, 2.75) is 25.7 Å². The van der Waals surface area contributed by atoms with Crippen molar-refractivity contribution < 1.29 is 14.3 Å². The van der Waals surface area contributed by atoms with Gasteiger partial charge in [0.2, 0.25) is 0 Å². The Kier molecular flexibility index (Phi) is 6.50. The molecule has 2 N–H and O–H groups in total. The van der Waals surface area contributed by atoms with Crippen molar-refractivity contribution >= 4 is 23.2 Å². The Morgan fingerprint density at radius 1 is 1.22 bits per heavy atom. The van der Waals surface area contributed by atoms with Gasteiger partial charge in [-0.3, -0.25) is 9.78 Å². The quantitative estimate of drug-likeness (QED) is 0.266. The molecule has 0 fully saturated rings. The van der Waals surface area contributed by atoms with Crippen molar-refractivity contribution in [2.75, 3.05) is 13.2 Å². The van der Waals surface area contributed by atoms with Crippen molar-refractivity contribution in [3.05, 3.63) is 42.2 Å². The van der Waals surface area contributed by atoms with Crippen molar-refractivity contribution in [3.8, 4) is 0 Å². The Morgan fingerprint density at radius 3 is 2.87 bits per heavy atom. The summed E-state index contributed by atoms with van der Waals surface area (Å²) < 4.78 is 4.61. The second-order valence-electron chi connectivity index (χ2n) is 5.27. The predicted octanol–water partition coefficient (Wildman–Crippen LogP) is 2.46. The van der Waals surface area contributed by atoms with Gasteiger partial charge in [0.1, 0.15) is 6.61 Å². The zero-order chi connectivity index (χ0) is 16.5. The van der Waals surface area contributed by atoms with Crippen LogP contribution in [0.15, 0.2) is 36.7 Å². The van der Waals surface area contributed by atoms with Crippen LogP contribution in [0.2, 0.25) is 0 Å². The fourth-order valence-corrected chi connectivity index (χ4v) is 2.43. The van der Waals surface area contributed by atoms with E-state index in [-0.39, 0.29) is 6.61 Å². The molecule has 0 aliphatic rings. The molecule has 122 valence electrons. The number of benzene rings is 1. The number of aldehydes is 1. The standard InChI is InChI=1S/C17H21N3O3/c18-20(17(22)23-11-10-21)9-5-1-2-6-14-12-19-13-15-7-3-4-8-16(14)15/h3-4,7-8,10,12-13H,1-2,5-6,9,11,18H2. The minimum Gasteiger partial charge on any atom is -0.441 e. The molecule has 0 aliphatic heterocycles. The molecule has 1 amide bonds. The zero-order valence-electron chi connectivity index (χ0n) is 13.0. The van der Waals surface area contributed by atoms with Gasteiger partial charge in [-0.1, -0.05) is 30.7 Å². The summed E-state index contributed by atoms with van der Waals surface area (Å²) in [4.78, 5) is 25.7. The minimum atomic E-state index is -0.671. The molecule has 0 unspecified atom stereocenters. The Hall–Kier alpha value is -2.47. The number of rotatable bonds is 8. The highest BCUT2D eigenvalue weighted by atomic mass is 16.6. The van der Waals surface area contributed by atoms with E-state index in [0.29, 0.717) is 12.8 Å². The topological polar surface area (TPSA) is 85.5 Å². The number of carbonyl (C=O) groups is 2. The van der Waals surface area contributed by atoms with E-state index in [9.17, 15) is 9.59 Å². The molecule has 1 aromatic carbocycles. The first-order valence-electron chi connectivity index (χ1n) is 7.66. The lowest BCUT2D eigenvalue weighted by molar-refractivity contribution is -0.110. The second-order valence-corrected chi connectivity index (χ2v) is 5.27. The van der Waals surface area contributed by atoms with Gasteiger partial charge in [-0.05, 0) is 30.2 Å². The number of nitrogens with two attached hydrogens (primary N) is 1.